The number of halogens is 1. The molecule has 0 spiro atoms. The van der Waals surface area contributed by atoms with Gasteiger partial charge in [0.2, 0.25) is 0 Å². The molecule has 0 bridgehead atoms. The maximum absolute atomic E-state index is 4.33. The van der Waals surface area contributed by atoms with Gasteiger partial charge in [0.05, 0.1) is 5.52 Å². The molecule has 1 aromatic heterocycles. The number of anilines is 1. The predicted octanol–water partition coefficient (Wildman–Crippen LogP) is 4.45. The van der Waals surface area contributed by atoms with Crippen molar-refractivity contribution >= 4 is 39.2 Å². The van der Waals surface area contributed by atoms with Crippen LogP contribution in [0, 0.1) is 3.57 Å². The van der Waals surface area contributed by atoms with Gasteiger partial charge in [-0.15, -0.1) is 0 Å². The lowest BCUT2D eigenvalue weighted by molar-refractivity contribution is 1.15. The molecule has 94 valence electrons. The molecule has 1 N–H and O–H groups in total. The molecule has 3 rings (SSSR count). The van der Waals surface area contributed by atoms with Crippen molar-refractivity contribution in [2.75, 3.05) is 5.32 Å². The summed E-state index contributed by atoms with van der Waals surface area (Å²) in [6.07, 6.45) is 1.83. The molecule has 1 heterocycles. The summed E-state index contributed by atoms with van der Waals surface area (Å²) >= 11 is 2.32. The second-order valence-electron chi connectivity index (χ2n) is 4.39. The fourth-order valence-electron chi connectivity index (χ4n) is 2.04. The first-order valence-corrected chi connectivity index (χ1v) is 7.22. The van der Waals surface area contributed by atoms with E-state index < -0.39 is 0 Å². The van der Waals surface area contributed by atoms with Crippen molar-refractivity contribution < 1.29 is 0 Å². The van der Waals surface area contributed by atoms with Crippen molar-refractivity contribution in [2.45, 2.75) is 6.54 Å². The maximum Gasteiger partial charge on any atom is 0.0702 e. The van der Waals surface area contributed by atoms with Crippen LogP contribution in [0.25, 0.3) is 10.9 Å². The Labute approximate surface area is 126 Å². The molecule has 0 unspecified atom stereocenters. The molecule has 0 aliphatic heterocycles. The third-order valence-electron chi connectivity index (χ3n) is 2.99. The van der Waals surface area contributed by atoms with Gasteiger partial charge in [-0.25, -0.2) is 0 Å². The minimum absolute atomic E-state index is 0.824. The van der Waals surface area contributed by atoms with Crippen molar-refractivity contribution in [1.29, 1.82) is 0 Å². The average molecular weight is 360 g/mol. The Morgan fingerprint density at radius 3 is 2.84 bits per heavy atom. The largest absolute Gasteiger partial charge is 0.381 e. The van der Waals surface area contributed by atoms with Gasteiger partial charge in [-0.2, -0.15) is 0 Å². The topological polar surface area (TPSA) is 24.9 Å². The maximum atomic E-state index is 4.33. The van der Waals surface area contributed by atoms with Crippen LogP contribution in [0.4, 0.5) is 5.69 Å². The van der Waals surface area contributed by atoms with E-state index >= 15 is 0 Å². The summed E-state index contributed by atoms with van der Waals surface area (Å²) < 4.78 is 1.24. The Hall–Kier alpha value is -1.62. The van der Waals surface area contributed by atoms with Gasteiger partial charge in [-0.3, -0.25) is 4.98 Å². The SMILES string of the molecule is Ic1cccc(NCc2ccc3ncccc3c2)c1. The van der Waals surface area contributed by atoms with Crippen LogP contribution < -0.4 is 5.32 Å². The van der Waals surface area contributed by atoms with E-state index in [9.17, 15) is 0 Å². The van der Waals surface area contributed by atoms with Crippen molar-refractivity contribution in [3.05, 3.63) is 69.9 Å². The smallest absolute Gasteiger partial charge is 0.0702 e. The number of fused-ring (bicyclic) bond motifs is 1. The van der Waals surface area contributed by atoms with Crippen LogP contribution in [-0.4, -0.2) is 4.98 Å². The first-order chi connectivity index (χ1) is 9.31. The minimum Gasteiger partial charge on any atom is -0.381 e. The quantitative estimate of drug-likeness (QED) is 0.698. The Balaban J connectivity index is 1.78. The van der Waals surface area contributed by atoms with Gasteiger partial charge in [0, 0.05) is 27.4 Å². The van der Waals surface area contributed by atoms with E-state index in [1.165, 1.54) is 14.5 Å². The second-order valence-corrected chi connectivity index (χ2v) is 5.64. The lowest BCUT2D eigenvalue weighted by Crippen LogP contribution is -1.99. The molecule has 0 saturated carbocycles. The highest BCUT2D eigenvalue weighted by Gasteiger charge is 1.98. The first-order valence-electron chi connectivity index (χ1n) is 6.14. The lowest BCUT2D eigenvalue weighted by Gasteiger charge is -2.07. The lowest BCUT2D eigenvalue weighted by atomic mass is 10.1. The van der Waals surface area contributed by atoms with Crippen molar-refractivity contribution in [3.63, 3.8) is 0 Å². The van der Waals surface area contributed by atoms with Crippen LogP contribution in [0.15, 0.2) is 60.8 Å². The number of hydrogen-bond acceptors (Lipinski definition) is 2. The summed E-state index contributed by atoms with van der Waals surface area (Å²) in [6.45, 7) is 0.824. The molecule has 0 atom stereocenters. The molecular formula is C16H13IN2. The number of rotatable bonds is 3. The van der Waals surface area contributed by atoms with Gasteiger partial charge in [0.25, 0.3) is 0 Å². The van der Waals surface area contributed by atoms with E-state index in [-0.39, 0.29) is 0 Å². The third kappa shape index (κ3) is 3.04. The summed E-state index contributed by atoms with van der Waals surface area (Å²) in [6, 6.07) is 18.8. The van der Waals surface area contributed by atoms with Crippen LogP contribution in [0.5, 0.6) is 0 Å². The van der Waals surface area contributed by atoms with E-state index in [4.69, 9.17) is 0 Å². The average Bonchev–Trinajstić information content (AvgIpc) is 2.45. The first kappa shape index (κ1) is 12.4. The zero-order valence-electron chi connectivity index (χ0n) is 10.3. The molecule has 0 aliphatic carbocycles. The summed E-state index contributed by atoms with van der Waals surface area (Å²) in [7, 11) is 0. The normalized spacial score (nSPS) is 10.6. The number of hydrogen-bond donors (Lipinski definition) is 1. The van der Waals surface area contributed by atoms with E-state index in [0.717, 1.165) is 17.7 Å². The highest BCUT2D eigenvalue weighted by Crippen LogP contribution is 2.16. The van der Waals surface area contributed by atoms with Gasteiger partial charge >= 0.3 is 0 Å². The highest BCUT2D eigenvalue weighted by molar-refractivity contribution is 14.1. The zero-order valence-corrected chi connectivity index (χ0v) is 12.5. The third-order valence-corrected chi connectivity index (χ3v) is 3.66. The number of nitrogens with zero attached hydrogens (tertiary/aromatic N) is 1. The fourth-order valence-corrected chi connectivity index (χ4v) is 2.58. The Bertz CT molecular complexity index is 710. The van der Waals surface area contributed by atoms with E-state index in [1.807, 2.05) is 12.3 Å². The summed E-state index contributed by atoms with van der Waals surface area (Å²) in [5, 5.41) is 4.63. The fraction of sp³-hybridized carbons (Fsp3) is 0.0625. The standard InChI is InChI=1S/C16H13IN2/c17-14-4-1-5-15(10-14)19-11-12-6-7-16-13(9-12)3-2-8-18-16/h1-10,19H,11H2. The number of nitrogens with one attached hydrogen (secondary N) is 1. The van der Waals surface area contributed by atoms with Crippen LogP contribution in [0.3, 0.4) is 0 Å². The highest BCUT2D eigenvalue weighted by atomic mass is 127. The molecule has 0 radical (unpaired) electrons. The van der Waals surface area contributed by atoms with Crippen LogP contribution in [0.1, 0.15) is 5.56 Å². The number of pyridine rings is 1. The van der Waals surface area contributed by atoms with E-state index in [0.29, 0.717) is 0 Å². The van der Waals surface area contributed by atoms with Crippen molar-refractivity contribution in [2.24, 2.45) is 0 Å². The molecule has 0 aliphatic rings. The molecule has 19 heavy (non-hydrogen) atoms. The second kappa shape index (κ2) is 5.57. The van der Waals surface area contributed by atoms with Gasteiger partial charge in [0.1, 0.15) is 0 Å². The molecular weight excluding hydrogens is 347 g/mol. The molecule has 0 amide bonds. The summed E-state index contributed by atoms with van der Waals surface area (Å²) in [5.41, 5.74) is 3.46. The Morgan fingerprint density at radius 2 is 1.95 bits per heavy atom. The number of benzene rings is 2. The molecule has 2 aromatic carbocycles. The molecule has 0 fully saturated rings. The van der Waals surface area contributed by atoms with Crippen LogP contribution >= 0.6 is 22.6 Å². The van der Waals surface area contributed by atoms with Crippen LogP contribution in [0.2, 0.25) is 0 Å². The molecule has 3 aromatic rings. The minimum atomic E-state index is 0.824. The zero-order chi connectivity index (χ0) is 13.1. The van der Waals surface area contributed by atoms with E-state index in [1.54, 1.807) is 0 Å². The summed E-state index contributed by atoms with van der Waals surface area (Å²) in [4.78, 5) is 4.33. The van der Waals surface area contributed by atoms with Gasteiger partial charge in [-0.1, -0.05) is 18.2 Å². The van der Waals surface area contributed by atoms with Gasteiger partial charge in [0.15, 0.2) is 0 Å². The monoisotopic (exact) mass is 360 g/mol. The van der Waals surface area contributed by atoms with Gasteiger partial charge < -0.3 is 5.32 Å². The van der Waals surface area contributed by atoms with Gasteiger partial charge in [-0.05, 0) is 64.6 Å². The Morgan fingerprint density at radius 1 is 1.00 bits per heavy atom. The van der Waals surface area contributed by atoms with Crippen molar-refractivity contribution in [1.82, 2.24) is 4.98 Å². The molecule has 3 heteroatoms. The molecule has 0 saturated heterocycles. The van der Waals surface area contributed by atoms with E-state index in [2.05, 4.69) is 81.4 Å². The number of aromatic nitrogens is 1. The van der Waals surface area contributed by atoms with Crippen molar-refractivity contribution in [3.8, 4) is 0 Å². The molecule has 2 nitrogen and oxygen atoms in total. The summed E-state index contributed by atoms with van der Waals surface area (Å²) in [5.74, 6) is 0. The Kier molecular flexibility index (Phi) is 3.64. The van der Waals surface area contributed by atoms with Crippen LogP contribution in [-0.2, 0) is 6.54 Å². The predicted molar refractivity (Wildman–Crippen MR) is 88.2 cm³/mol.